The second kappa shape index (κ2) is 8.25. The number of nitrogens with zero attached hydrogens (tertiary/aromatic N) is 5. The van der Waals surface area contributed by atoms with Gasteiger partial charge in [0.1, 0.15) is 17.8 Å². The monoisotopic (exact) mass is 409 g/mol. The standard InChI is InChI=1S/C19H19N7O4/c27-25(28)14-3-1-13(2-4-14)11-21-19-15-9-18(26(29)30)17(10-16(15)22-12-23-19)24-7-5-20-6-8-24/h1-4,9-10,12,20H,5-8,11H2,(H,21,22,23). The number of nitro benzene ring substituents is 2. The number of non-ortho nitro benzene ring substituents is 1. The Morgan fingerprint density at radius 2 is 1.77 bits per heavy atom. The summed E-state index contributed by atoms with van der Waals surface area (Å²) in [4.78, 5) is 32.2. The van der Waals surface area contributed by atoms with Gasteiger partial charge in [-0.05, 0) is 11.6 Å². The number of aromatic nitrogens is 2. The number of nitrogens with one attached hydrogen (secondary N) is 2. The Balaban J connectivity index is 1.64. The van der Waals surface area contributed by atoms with E-state index in [0.717, 1.165) is 18.7 Å². The van der Waals surface area contributed by atoms with Crippen molar-refractivity contribution in [3.05, 3.63) is 68.5 Å². The van der Waals surface area contributed by atoms with E-state index in [2.05, 4.69) is 20.6 Å². The van der Waals surface area contributed by atoms with Crippen LogP contribution in [0.15, 0.2) is 42.7 Å². The third-order valence-electron chi connectivity index (χ3n) is 4.99. The SMILES string of the molecule is O=[N+]([O-])c1ccc(CNc2ncnc3cc(N4CCNCC4)c([N+](=O)[O-])cc23)cc1. The summed E-state index contributed by atoms with van der Waals surface area (Å²) in [6.07, 6.45) is 1.41. The van der Waals surface area contributed by atoms with Crippen LogP contribution in [0, 0.1) is 20.2 Å². The van der Waals surface area contributed by atoms with Crippen molar-refractivity contribution in [1.29, 1.82) is 0 Å². The number of hydrogen-bond donors (Lipinski definition) is 2. The van der Waals surface area contributed by atoms with Crippen LogP contribution in [0.1, 0.15) is 5.56 Å². The van der Waals surface area contributed by atoms with Gasteiger partial charge in [-0.15, -0.1) is 0 Å². The van der Waals surface area contributed by atoms with Crippen LogP contribution in [0.2, 0.25) is 0 Å². The molecule has 2 N–H and O–H groups in total. The minimum absolute atomic E-state index is 0.0117. The predicted molar refractivity (Wildman–Crippen MR) is 112 cm³/mol. The Bertz CT molecular complexity index is 1100. The summed E-state index contributed by atoms with van der Waals surface area (Å²) in [5.74, 6) is 0.466. The second-order valence-electron chi connectivity index (χ2n) is 6.85. The summed E-state index contributed by atoms with van der Waals surface area (Å²) >= 11 is 0. The van der Waals surface area contributed by atoms with E-state index in [0.29, 0.717) is 42.0 Å². The number of fused-ring (bicyclic) bond motifs is 1. The molecule has 2 heterocycles. The Morgan fingerprint density at radius 3 is 2.43 bits per heavy atom. The maximum atomic E-state index is 11.7. The number of nitro groups is 2. The van der Waals surface area contributed by atoms with Crippen LogP contribution in [0.25, 0.3) is 10.9 Å². The molecule has 1 aliphatic rings. The number of benzene rings is 2. The van der Waals surface area contributed by atoms with Gasteiger partial charge in [0.2, 0.25) is 0 Å². The lowest BCUT2D eigenvalue weighted by atomic mass is 10.1. The van der Waals surface area contributed by atoms with Gasteiger partial charge in [0.25, 0.3) is 11.4 Å². The number of piperazine rings is 1. The Kier molecular flexibility index (Phi) is 5.35. The molecule has 3 aromatic rings. The second-order valence-corrected chi connectivity index (χ2v) is 6.85. The molecule has 0 aliphatic carbocycles. The number of anilines is 2. The zero-order valence-corrected chi connectivity index (χ0v) is 15.9. The fourth-order valence-corrected chi connectivity index (χ4v) is 3.45. The van der Waals surface area contributed by atoms with Gasteiger partial charge >= 0.3 is 0 Å². The first kappa shape index (κ1) is 19.5. The van der Waals surface area contributed by atoms with Crippen LogP contribution in [0.3, 0.4) is 0 Å². The highest BCUT2D eigenvalue weighted by molar-refractivity contribution is 5.94. The summed E-state index contributed by atoms with van der Waals surface area (Å²) in [6.45, 7) is 3.25. The molecular formula is C19H19N7O4. The van der Waals surface area contributed by atoms with Crippen LogP contribution < -0.4 is 15.5 Å². The zero-order valence-electron chi connectivity index (χ0n) is 15.9. The van der Waals surface area contributed by atoms with Crippen molar-refractivity contribution >= 4 is 33.8 Å². The zero-order chi connectivity index (χ0) is 21.1. The van der Waals surface area contributed by atoms with Crippen LogP contribution in [-0.2, 0) is 6.54 Å². The highest BCUT2D eigenvalue weighted by Gasteiger charge is 2.23. The first-order valence-corrected chi connectivity index (χ1v) is 9.39. The van der Waals surface area contributed by atoms with E-state index in [1.807, 2.05) is 4.90 Å². The van der Waals surface area contributed by atoms with Gasteiger partial charge < -0.3 is 15.5 Å². The highest BCUT2D eigenvalue weighted by atomic mass is 16.6. The van der Waals surface area contributed by atoms with Crippen molar-refractivity contribution < 1.29 is 9.85 Å². The molecule has 0 saturated carbocycles. The van der Waals surface area contributed by atoms with Gasteiger partial charge in [0.05, 0.1) is 15.4 Å². The molecule has 0 radical (unpaired) electrons. The fraction of sp³-hybridized carbons (Fsp3) is 0.263. The summed E-state index contributed by atoms with van der Waals surface area (Å²) < 4.78 is 0. The maximum absolute atomic E-state index is 11.7. The molecule has 30 heavy (non-hydrogen) atoms. The third-order valence-corrected chi connectivity index (χ3v) is 4.99. The number of rotatable bonds is 6. The molecule has 1 saturated heterocycles. The average molecular weight is 409 g/mol. The summed E-state index contributed by atoms with van der Waals surface area (Å²) in [6, 6.07) is 9.40. The van der Waals surface area contributed by atoms with Crippen molar-refractivity contribution in [2.45, 2.75) is 6.54 Å². The highest BCUT2D eigenvalue weighted by Crippen LogP contribution is 2.34. The van der Waals surface area contributed by atoms with E-state index in [4.69, 9.17) is 0 Å². The predicted octanol–water partition coefficient (Wildman–Crippen LogP) is 2.47. The van der Waals surface area contributed by atoms with Crippen LogP contribution >= 0.6 is 0 Å². The van der Waals surface area contributed by atoms with E-state index >= 15 is 0 Å². The summed E-state index contributed by atoms with van der Waals surface area (Å²) in [5.41, 5.74) is 2.00. The van der Waals surface area contributed by atoms with Crippen molar-refractivity contribution in [3.63, 3.8) is 0 Å². The molecule has 0 bridgehead atoms. The minimum atomic E-state index is -0.454. The lowest BCUT2D eigenvalue weighted by molar-refractivity contribution is -0.384. The van der Waals surface area contributed by atoms with Gasteiger partial charge in [-0.25, -0.2) is 9.97 Å². The lowest BCUT2D eigenvalue weighted by Gasteiger charge is -2.29. The summed E-state index contributed by atoms with van der Waals surface area (Å²) in [7, 11) is 0. The van der Waals surface area contributed by atoms with Crippen LogP contribution in [0.4, 0.5) is 22.9 Å². The smallest absolute Gasteiger partial charge is 0.293 e. The van der Waals surface area contributed by atoms with Gasteiger partial charge in [-0.2, -0.15) is 0 Å². The molecule has 11 nitrogen and oxygen atoms in total. The fourth-order valence-electron chi connectivity index (χ4n) is 3.45. The van der Waals surface area contributed by atoms with Crippen molar-refractivity contribution in [3.8, 4) is 0 Å². The molecule has 154 valence electrons. The van der Waals surface area contributed by atoms with Gasteiger partial charge in [0, 0.05) is 56.3 Å². The summed E-state index contributed by atoms with van der Waals surface area (Å²) in [5, 5.41) is 29.4. The first-order valence-electron chi connectivity index (χ1n) is 9.39. The normalized spacial score (nSPS) is 13.9. The van der Waals surface area contributed by atoms with E-state index < -0.39 is 4.92 Å². The van der Waals surface area contributed by atoms with Crippen LogP contribution in [0.5, 0.6) is 0 Å². The Morgan fingerprint density at radius 1 is 1.03 bits per heavy atom. The third kappa shape index (κ3) is 3.96. The topological polar surface area (TPSA) is 139 Å². The molecule has 0 amide bonds. The lowest BCUT2D eigenvalue weighted by Crippen LogP contribution is -2.43. The van der Waals surface area contributed by atoms with E-state index in [-0.39, 0.29) is 16.3 Å². The average Bonchev–Trinajstić information content (AvgIpc) is 2.77. The molecule has 2 aromatic carbocycles. The Labute approximate surface area is 171 Å². The van der Waals surface area contributed by atoms with Crippen LogP contribution in [-0.4, -0.2) is 46.0 Å². The molecule has 1 aromatic heterocycles. The molecule has 0 unspecified atom stereocenters. The molecule has 4 rings (SSSR count). The molecular weight excluding hydrogens is 390 g/mol. The largest absolute Gasteiger partial charge is 0.365 e. The first-order chi connectivity index (χ1) is 14.5. The molecule has 0 spiro atoms. The molecule has 0 atom stereocenters. The van der Waals surface area contributed by atoms with Gasteiger partial charge in [-0.3, -0.25) is 20.2 Å². The molecule has 1 aliphatic heterocycles. The number of hydrogen-bond acceptors (Lipinski definition) is 9. The van der Waals surface area contributed by atoms with E-state index in [1.165, 1.54) is 24.5 Å². The van der Waals surface area contributed by atoms with E-state index in [1.54, 1.807) is 18.2 Å². The van der Waals surface area contributed by atoms with Crippen molar-refractivity contribution in [2.75, 3.05) is 36.4 Å². The van der Waals surface area contributed by atoms with E-state index in [9.17, 15) is 20.2 Å². The van der Waals surface area contributed by atoms with Crippen molar-refractivity contribution in [1.82, 2.24) is 15.3 Å². The Hall–Kier alpha value is -3.86. The molecule has 11 heteroatoms. The van der Waals surface area contributed by atoms with Crippen molar-refractivity contribution in [2.24, 2.45) is 0 Å². The quantitative estimate of drug-likeness (QED) is 0.464. The van der Waals surface area contributed by atoms with Gasteiger partial charge in [0.15, 0.2) is 0 Å². The minimum Gasteiger partial charge on any atom is -0.365 e. The maximum Gasteiger partial charge on any atom is 0.293 e. The van der Waals surface area contributed by atoms with Gasteiger partial charge in [-0.1, -0.05) is 12.1 Å². The molecule has 1 fully saturated rings.